The van der Waals surface area contributed by atoms with Crippen LogP contribution in [0.2, 0.25) is 0 Å². The number of hydrogen-bond acceptors (Lipinski definition) is 6. The predicted octanol–water partition coefficient (Wildman–Crippen LogP) is 3.40. The highest BCUT2D eigenvalue weighted by Gasteiger charge is 2.24. The molecule has 0 amide bonds. The van der Waals surface area contributed by atoms with Gasteiger partial charge in [-0.15, -0.1) is 13.2 Å². The molecule has 2 aromatic carbocycles. The Balaban J connectivity index is 0.00000198. The predicted molar refractivity (Wildman–Crippen MR) is 121 cm³/mol. The van der Waals surface area contributed by atoms with Crippen molar-refractivity contribution in [1.82, 2.24) is 4.72 Å². The van der Waals surface area contributed by atoms with E-state index in [4.69, 9.17) is 10.5 Å². The number of sulfonamides is 1. The first-order valence-electron chi connectivity index (χ1n) is 9.52. The van der Waals surface area contributed by atoms with E-state index in [1.807, 2.05) is 20.8 Å². The number of ketones is 1. The van der Waals surface area contributed by atoms with E-state index in [0.29, 0.717) is 18.5 Å². The maximum atomic E-state index is 12.7. The number of benzene rings is 2. The van der Waals surface area contributed by atoms with Crippen LogP contribution in [0.25, 0.3) is 0 Å². The van der Waals surface area contributed by atoms with Crippen molar-refractivity contribution in [3.05, 3.63) is 66.2 Å². The molecule has 7 nitrogen and oxygen atoms in total. The molecule has 8 heteroatoms. The maximum Gasteiger partial charge on any atom is 0.244 e. The Morgan fingerprint density at radius 3 is 2.23 bits per heavy atom. The van der Waals surface area contributed by atoms with E-state index in [1.54, 1.807) is 24.3 Å². The summed E-state index contributed by atoms with van der Waals surface area (Å²) in [5.41, 5.74) is 6.58. The fourth-order valence-electron chi connectivity index (χ4n) is 2.35. The zero-order valence-electron chi connectivity index (χ0n) is 18.1. The van der Waals surface area contributed by atoms with Crippen LogP contribution in [0.15, 0.2) is 54.5 Å². The second-order valence-corrected chi connectivity index (χ2v) is 7.49. The van der Waals surface area contributed by atoms with Crippen molar-refractivity contribution in [2.24, 2.45) is 5.73 Å². The van der Waals surface area contributed by atoms with Crippen molar-refractivity contribution in [1.29, 1.82) is 0 Å². The highest BCUT2D eigenvalue weighted by atomic mass is 32.2. The zero-order chi connectivity index (χ0) is 23.3. The lowest BCUT2D eigenvalue weighted by molar-refractivity contribution is 0.103. The smallest absolute Gasteiger partial charge is 0.244 e. The quantitative estimate of drug-likeness (QED) is 0.332. The van der Waals surface area contributed by atoms with Crippen LogP contribution in [-0.4, -0.2) is 39.5 Å². The van der Waals surface area contributed by atoms with Gasteiger partial charge in [0.2, 0.25) is 10.0 Å². The third-order valence-corrected chi connectivity index (χ3v) is 5.29. The van der Waals surface area contributed by atoms with Crippen molar-refractivity contribution in [3.63, 3.8) is 0 Å². The molecule has 0 atom stereocenters. The third-order valence-electron chi connectivity index (χ3n) is 3.80. The number of ether oxygens (including phenoxy) is 1. The number of phenolic OH excluding ortho intramolecular Hbond substituents is 1. The van der Waals surface area contributed by atoms with Crippen LogP contribution in [0.1, 0.15) is 41.8 Å². The number of aromatic hydroxyl groups is 1. The van der Waals surface area contributed by atoms with Crippen molar-refractivity contribution in [2.75, 3.05) is 20.2 Å². The minimum atomic E-state index is -3.93. The van der Waals surface area contributed by atoms with Gasteiger partial charge in [-0.05, 0) is 26.0 Å². The summed E-state index contributed by atoms with van der Waals surface area (Å²) in [4.78, 5) is 12.5. The molecule has 0 saturated heterocycles. The molecular weight excluding hydrogens is 404 g/mol. The monoisotopic (exact) mass is 436 g/mol. The number of carbonyl (C=O) groups is 1. The Bertz CT molecular complexity index is 910. The zero-order valence-corrected chi connectivity index (χ0v) is 18.9. The lowest BCUT2D eigenvalue weighted by Crippen LogP contribution is -2.27. The summed E-state index contributed by atoms with van der Waals surface area (Å²) in [6.45, 7) is 12.4. The van der Waals surface area contributed by atoms with E-state index in [9.17, 15) is 18.3 Å². The van der Waals surface area contributed by atoms with Gasteiger partial charge < -0.3 is 15.6 Å². The molecule has 0 unspecified atom stereocenters. The second-order valence-electron chi connectivity index (χ2n) is 5.76. The Morgan fingerprint density at radius 1 is 1.17 bits per heavy atom. The Labute approximate surface area is 179 Å². The van der Waals surface area contributed by atoms with E-state index in [-0.39, 0.29) is 28.5 Å². The number of methoxy groups -OCH3 is 1. The summed E-state index contributed by atoms with van der Waals surface area (Å²) >= 11 is 0. The molecule has 0 aliphatic carbocycles. The van der Waals surface area contributed by atoms with Gasteiger partial charge in [-0.1, -0.05) is 43.7 Å². The summed E-state index contributed by atoms with van der Waals surface area (Å²) in [7, 11) is -2.64. The number of nitrogens with one attached hydrogen (secondary N) is 1. The second kappa shape index (κ2) is 13.5. The molecule has 30 heavy (non-hydrogen) atoms. The van der Waals surface area contributed by atoms with Crippen molar-refractivity contribution in [3.8, 4) is 11.5 Å². The fourth-order valence-corrected chi connectivity index (χ4v) is 3.60. The molecule has 0 fully saturated rings. The first kappa shape index (κ1) is 27.3. The number of carbonyl (C=O) groups excluding carboxylic acids is 1. The normalized spacial score (nSPS) is 10.2. The molecule has 4 N–H and O–H groups in total. The SMILES string of the molecule is C=C.CC.COc1cc(O)c(C(=O)c2ccc(C)cc2)cc1S(=O)(=O)NCCCN. The minimum Gasteiger partial charge on any atom is -0.507 e. The molecule has 0 aliphatic rings. The van der Waals surface area contributed by atoms with E-state index in [0.717, 1.165) is 17.7 Å². The van der Waals surface area contributed by atoms with Gasteiger partial charge in [-0.3, -0.25) is 4.79 Å². The summed E-state index contributed by atoms with van der Waals surface area (Å²) in [6, 6.07) is 9.02. The highest BCUT2D eigenvalue weighted by Crippen LogP contribution is 2.32. The molecule has 2 aromatic rings. The van der Waals surface area contributed by atoms with Crippen LogP contribution in [-0.2, 0) is 10.0 Å². The summed E-state index contributed by atoms with van der Waals surface area (Å²) in [5, 5.41) is 10.2. The first-order chi connectivity index (χ1) is 14.3. The van der Waals surface area contributed by atoms with Gasteiger partial charge in [0.25, 0.3) is 0 Å². The highest BCUT2D eigenvalue weighted by molar-refractivity contribution is 7.89. The Kier molecular flexibility index (Phi) is 12.3. The van der Waals surface area contributed by atoms with Crippen molar-refractivity contribution < 1.29 is 23.1 Å². The van der Waals surface area contributed by atoms with Gasteiger partial charge in [0.05, 0.1) is 12.7 Å². The molecule has 0 bridgehead atoms. The van der Waals surface area contributed by atoms with Crippen LogP contribution in [0.4, 0.5) is 0 Å². The van der Waals surface area contributed by atoms with Crippen molar-refractivity contribution in [2.45, 2.75) is 32.1 Å². The molecule has 166 valence electrons. The van der Waals surface area contributed by atoms with Crippen LogP contribution >= 0.6 is 0 Å². The van der Waals surface area contributed by atoms with E-state index < -0.39 is 15.8 Å². The van der Waals surface area contributed by atoms with Crippen LogP contribution in [0.5, 0.6) is 11.5 Å². The summed E-state index contributed by atoms with van der Waals surface area (Å²) in [6.07, 6.45) is 0.467. The topological polar surface area (TPSA) is 119 Å². The Hall–Kier alpha value is -2.68. The third kappa shape index (κ3) is 7.29. The average Bonchev–Trinajstić information content (AvgIpc) is 2.76. The van der Waals surface area contributed by atoms with Gasteiger partial charge in [-0.2, -0.15) is 0 Å². The van der Waals surface area contributed by atoms with Gasteiger partial charge in [0.15, 0.2) is 5.78 Å². The molecule has 0 radical (unpaired) electrons. The average molecular weight is 437 g/mol. The number of rotatable bonds is 8. The van der Waals surface area contributed by atoms with E-state index >= 15 is 0 Å². The molecule has 2 rings (SSSR count). The number of aryl methyl sites for hydroxylation is 1. The number of phenols is 1. The van der Waals surface area contributed by atoms with Crippen LogP contribution in [0.3, 0.4) is 0 Å². The van der Waals surface area contributed by atoms with Crippen LogP contribution in [0, 0.1) is 6.92 Å². The standard InChI is InChI=1S/C18H22N2O5S.C2H6.C2H4/c1-12-4-6-13(7-5-12)18(22)14-10-17(16(25-2)11-15(14)21)26(23,24)20-9-3-8-19;2*1-2/h4-7,10-11,20-21H,3,8-9,19H2,1-2H3;1-2H3;1-2H2. The lowest BCUT2D eigenvalue weighted by Gasteiger charge is -2.13. The maximum absolute atomic E-state index is 12.7. The van der Waals surface area contributed by atoms with Gasteiger partial charge in [0.1, 0.15) is 16.4 Å². The van der Waals surface area contributed by atoms with Gasteiger partial charge in [-0.25, -0.2) is 13.1 Å². The summed E-state index contributed by atoms with van der Waals surface area (Å²) in [5.74, 6) is -0.889. The van der Waals surface area contributed by atoms with E-state index in [2.05, 4.69) is 17.9 Å². The molecule has 0 spiro atoms. The Morgan fingerprint density at radius 2 is 1.73 bits per heavy atom. The first-order valence-corrected chi connectivity index (χ1v) is 11.0. The molecule has 0 aliphatic heterocycles. The lowest BCUT2D eigenvalue weighted by atomic mass is 10.0. The molecule has 0 saturated carbocycles. The molecule has 0 aromatic heterocycles. The van der Waals surface area contributed by atoms with Gasteiger partial charge >= 0.3 is 0 Å². The van der Waals surface area contributed by atoms with Gasteiger partial charge in [0, 0.05) is 18.2 Å². The molecular formula is C22H32N2O5S. The molecule has 0 heterocycles. The largest absolute Gasteiger partial charge is 0.507 e. The number of hydrogen-bond donors (Lipinski definition) is 3. The summed E-state index contributed by atoms with van der Waals surface area (Å²) < 4.78 is 32.5. The van der Waals surface area contributed by atoms with Crippen molar-refractivity contribution >= 4 is 15.8 Å². The number of nitrogens with two attached hydrogens (primary N) is 1. The van der Waals surface area contributed by atoms with E-state index in [1.165, 1.54) is 7.11 Å². The van der Waals surface area contributed by atoms with Crippen LogP contribution < -0.4 is 15.2 Å². The fraction of sp³-hybridized carbons (Fsp3) is 0.318. The minimum absolute atomic E-state index is 0.0526.